The number of carboxylic acid groups (broad SMARTS) is 1. The molecule has 0 saturated carbocycles. The standard InChI is InChI=1S/C25H25FN4.C2HF3O2/c26-21-10-11-23-24(14-21)29-25(28-23)20-4-1-3-19(13-20)18-8-6-17(7-9-18)15-30-12-2-5-22(27)16-30;3-2(4,5)1(6)7/h1,3-4,6-11,13-14,22H,2,5,12,15-16,27H2,(H,28,29);(H,6,7). The molecule has 0 aliphatic carbocycles. The number of fused-ring (bicyclic) bond motifs is 1. The van der Waals surface area contributed by atoms with Crippen molar-refractivity contribution in [1.29, 1.82) is 0 Å². The largest absolute Gasteiger partial charge is 0.490 e. The van der Waals surface area contributed by atoms with Crippen LogP contribution in [0.2, 0.25) is 0 Å². The van der Waals surface area contributed by atoms with E-state index in [9.17, 15) is 17.6 Å². The molecule has 1 fully saturated rings. The van der Waals surface area contributed by atoms with E-state index in [1.165, 1.54) is 24.1 Å². The van der Waals surface area contributed by atoms with E-state index in [2.05, 4.69) is 51.3 Å². The third kappa shape index (κ3) is 6.93. The van der Waals surface area contributed by atoms with Crippen LogP contribution >= 0.6 is 0 Å². The first kappa shape index (κ1) is 26.3. The Bertz CT molecular complexity index is 1370. The predicted molar refractivity (Wildman–Crippen MR) is 133 cm³/mol. The lowest BCUT2D eigenvalue weighted by molar-refractivity contribution is -0.192. The second-order valence-corrected chi connectivity index (χ2v) is 8.96. The van der Waals surface area contributed by atoms with Crippen LogP contribution in [-0.2, 0) is 11.3 Å². The van der Waals surface area contributed by atoms with Crippen LogP contribution in [0.15, 0.2) is 66.7 Å². The summed E-state index contributed by atoms with van der Waals surface area (Å²) in [5.74, 6) is -2.28. The molecule has 0 spiro atoms. The van der Waals surface area contributed by atoms with Crippen LogP contribution in [0.4, 0.5) is 17.6 Å². The Morgan fingerprint density at radius 1 is 1.05 bits per heavy atom. The van der Waals surface area contributed by atoms with Crippen LogP contribution < -0.4 is 5.73 Å². The molecule has 4 N–H and O–H groups in total. The van der Waals surface area contributed by atoms with E-state index < -0.39 is 12.1 Å². The van der Waals surface area contributed by atoms with Gasteiger partial charge in [0.15, 0.2) is 0 Å². The van der Waals surface area contributed by atoms with E-state index in [0.717, 1.165) is 54.1 Å². The summed E-state index contributed by atoms with van der Waals surface area (Å²) in [5.41, 5.74) is 12.2. The third-order valence-corrected chi connectivity index (χ3v) is 6.06. The number of aromatic amines is 1. The minimum Gasteiger partial charge on any atom is -0.475 e. The monoisotopic (exact) mass is 514 g/mol. The van der Waals surface area contributed by atoms with Crippen molar-refractivity contribution in [3.8, 4) is 22.5 Å². The molecule has 1 unspecified atom stereocenters. The van der Waals surface area contributed by atoms with Gasteiger partial charge in [0.1, 0.15) is 11.6 Å². The molecular formula is C27H26F4N4O2. The third-order valence-electron chi connectivity index (χ3n) is 6.06. The Hall–Kier alpha value is -3.76. The summed E-state index contributed by atoms with van der Waals surface area (Å²) in [5, 5.41) is 7.12. The molecule has 1 aliphatic rings. The lowest BCUT2D eigenvalue weighted by Gasteiger charge is -2.30. The molecule has 1 aliphatic heterocycles. The van der Waals surface area contributed by atoms with Crippen molar-refractivity contribution in [3.05, 3.63) is 78.1 Å². The summed E-state index contributed by atoms with van der Waals surface area (Å²) in [6.45, 7) is 3.05. The van der Waals surface area contributed by atoms with Crippen molar-refractivity contribution in [2.45, 2.75) is 31.6 Å². The minimum atomic E-state index is -5.08. The molecule has 0 radical (unpaired) electrons. The molecule has 37 heavy (non-hydrogen) atoms. The van der Waals surface area contributed by atoms with E-state index in [-0.39, 0.29) is 5.82 Å². The van der Waals surface area contributed by atoms with Gasteiger partial charge in [0.2, 0.25) is 0 Å². The first-order chi connectivity index (χ1) is 17.6. The maximum atomic E-state index is 13.5. The number of imidazole rings is 1. The van der Waals surface area contributed by atoms with E-state index in [4.69, 9.17) is 15.6 Å². The number of aliphatic carboxylic acids is 1. The van der Waals surface area contributed by atoms with Gasteiger partial charge in [0.25, 0.3) is 0 Å². The topological polar surface area (TPSA) is 95.2 Å². The summed E-state index contributed by atoms with van der Waals surface area (Å²) < 4.78 is 45.2. The number of hydrogen-bond acceptors (Lipinski definition) is 4. The zero-order chi connectivity index (χ0) is 26.6. The number of halogens is 4. The van der Waals surface area contributed by atoms with Crippen LogP contribution in [0.3, 0.4) is 0 Å². The Morgan fingerprint density at radius 3 is 2.43 bits per heavy atom. The molecule has 4 aromatic rings. The molecule has 1 atom stereocenters. The van der Waals surface area contributed by atoms with Crippen molar-refractivity contribution in [3.63, 3.8) is 0 Å². The number of rotatable bonds is 4. The number of aromatic nitrogens is 2. The first-order valence-corrected chi connectivity index (χ1v) is 11.7. The molecule has 5 rings (SSSR count). The van der Waals surface area contributed by atoms with Gasteiger partial charge in [-0.05, 0) is 60.3 Å². The minimum absolute atomic E-state index is 0.266. The quantitative estimate of drug-likeness (QED) is 0.309. The van der Waals surface area contributed by atoms with Gasteiger partial charge in [0.05, 0.1) is 11.0 Å². The molecule has 1 saturated heterocycles. The van der Waals surface area contributed by atoms with Gasteiger partial charge >= 0.3 is 12.1 Å². The molecular weight excluding hydrogens is 488 g/mol. The second-order valence-electron chi connectivity index (χ2n) is 8.96. The molecule has 0 bridgehead atoms. The highest BCUT2D eigenvalue weighted by Crippen LogP contribution is 2.27. The molecule has 3 aromatic carbocycles. The number of H-pyrrole nitrogens is 1. The van der Waals surface area contributed by atoms with Crippen LogP contribution in [0.5, 0.6) is 0 Å². The summed E-state index contributed by atoms with van der Waals surface area (Å²) >= 11 is 0. The molecule has 2 heterocycles. The SMILES string of the molecule is NC1CCCN(Cc2ccc(-c3cccc(-c4nc5ccc(F)cc5[nH]4)c3)cc2)C1.O=C(O)C(F)(F)F. The number of benzene rings is 3. The number of likely N-dealkylation sites (tertiary alicyclic amines) is 1. The van der Waals surface area contributed by atoms with Crippen LogP contribution in [0.1, 0.15) is 18.4 Å². The van der Waals surface area contributed by atoms with Gasteiger partial charge in [-0.25, -0.2) is 14.2 Å². The van der Waals surface area contributed by atoms with Gasteiger partial charge in [-0.1, -0.05) is 42.5 Å². The summed E-state index contributed by atoms with van der Waals surface area (Å²) in [6.07, 6.45) is -2.77. The Kier molecular flexibility index (Phi) is 7.89. The number of nitrogens with one attached hydrogen (secondary N) is 1. The number of carboxylic acids is 1. The molecule has 194 valence electrons. The molecule has 1 aromatic heterocycles. The predicted octanol–water partition coefficient (Wildman–Crippen LogP) is 5.59. The Morgan fingerprint density at radius 2 is 1.76 bits per heavy atom. The van der Waals surface area contributed by atoms with Crippen molar-refractivity contribution in [2.24, 2.45) is 5.73 Å². The highest BCUT2D eigenvalue weighted by Gasteiger charge is 2.38. The van der Waals surface area contributed by atoms with Crippen molar-refractivity contribution >= 4 is 17.0 Å². The zero-order valence-corrected chi connectivity index (χ0v) is 19.8. The first-order valence-electron chi connectivity index (χ1n) is 11.7. The molecule has 6 nitrogen and oxygen atoms in total. The van der Waals surface area contributed by atoms with Gasteiger partial charge in [-0.15, -0.1) is 0 Å². The van der Waals surface area contributed by atoms with Crippen LogP contribution in [0.25, 0.3) is 33.5 Å². The van der Waals surface area contributed by atoms with E-state index >= 15 is 0 Å². The number of hydrogen-bond donors (Lipinski definition) is 3. The van der Waals surface area contributed by atoms with Gasteiger partial charge in [0, 0.05) is 24.7 Å². The Balaban J connectivity index is 0.000000405. The maximum Gasteiger partial charge on any atom is 0.490 e. The molecule has 0 amide bonds. The number of carbonyl (C=O) groups is 1. The fourth-order valence-corrected chi connectivity index (χ4v) is 4.26. The van der Waals surface area contributed by atoms with Gasteiger partial charge in [-0.2, -0.15) is 13.2 Å². The average Bonchev–Trinajstić information content (AvgIpc) is 3.28. The smallest absolute Gasteiger partial charge is 0.475 e. The highest BCUT2D eigenvalue weighted by molar-refractivity contribution is 5.80. The fourth-order valence-electron chi connectivity index (χ4n) is 4.26. The van der Waals surface area contributed by atoms with Crippen LogP contribution in [0, 0.1) is 5.82 Å². The van der Waals surface area contributed by atoms with Crippen molar-refractivity contribution in [2.75, 3.05) is 13.1 Å². The van der Waals surface area contributed by atoms with E-state index in [0.29, 0.717) is 11.6 Å². The lowest BCUT2D eigenvalue weighted by Crippen LogP contribution is -2.42. The number of piperidine rings is 1. The Labute approximate surface area is 210 Å². The summed E-state index contributed by atoms with van der Waals surface area (Å²) in [7, 11) is 0. The van der Waals surface area contributed by atoms with Crippen LogP contribution in [-0.4, -0.2) is 51.3 Å². The van der Waals surface area contributed by atoms with Crippen molar-refractivity contribution in [1.82, 2.24) is 14.9 Å². The van der Waals surface area contributed by atoms with Gasteiger partial charge in [-0.3, -0.25) is 4.90 Å². The van der Waals surface area contributed by atoms with Crippen molar-refractivity contribution < 1.29 is 27.5 Å². The zero-order valence-electron chi connectivity index (χ0n) is 19.8. The number of nitrogens with zero attached hydrogens (tertiary/aromatic N) is 2. The van der Waals surface area contributed by atoms with E-state index in [1.54, 1.807) is 6.07 Å². The molecule has 10 heteroatoms. The lowest BCUT2D eigenvalue weighted by atomic mass is 10.0. The van der Waals surface area contributed by atoms with Gasteiger partial charge < -0.3 is 15.8 Å². The maximum absolute atomic E-state index is 13.5. The second kappa shape index (κ2) is 11.1. The number of alkyl halides is 3. The normalized spacial score (nSPS) is 16.3. The summed E-state index contributed by atoms with van der Waals surface area (Å²) in [6, 6.07) is 21.9. The average molecular weight is 515 g/mol. The van der Waals surface area contributed by atoms with E-state index in [1.807, 2.05) is 12.1 Å². The number of nitrogens with two attached hydrogens (primary N) is 1. The fraction of sp³-hybridized carbons (Fsp3) is 0.259. The summed E-state index contributed by atoms with van der Waals surface area (Å²) in [4.78, 5) is 19.2. The highest BCUT2D eigenvalue weighted by atomic mass is 19.4.